The minimum Gasteiger partial charge on any atom is -0.508 e. The SMILES string of the molecule is COc1cc(Cl)cc2c1N=C(Nc1ccc(O)cc1)NS2. The van der Waals surface area contributed by atoms with Crippen LogP contribution in [0.5, 0.6) is 11.5 Å². The van der Waals surface area contributed by atoms with Crippen molar-refractivity contribution in [1.82, 2.24) is 4.72 Å². The number of ether oxygens (including phenoxy) is 1. The summed E-state index contributed by atoms with van der Waals surface area (Å²) >= 11 is 7.44. The van der Waals surface area contributed by atoms with Gasteiger partial charge in [0.05, 0.1) is 12.0 Å². The van der Waals surface area contributed by atoms with Gasteiger partial charge in [0.2, 0.25) is 5.96 Å². The molecule has 21 heavy (non-hydrogen) atoms. The Balaban J connectivity index is 1.91. The zero-order chi connectivity index (χ0) is 14.8. The molecule has 1 aliphatic heterocycles. The van der Waals surface area contributed by atoms with Crippen LogP contribution in [0.2, 0.25) is 5.02 Å². The number of methoxy groups -OCH3 is 1. The van der Waals surface area contributed by atoms with Crippen LogP contribution in [0.15, 0.2) is 46.3 Å². The van der Waals surface area contributed by atoms with E-state index in [0.717, 1.165) is 16.3 Å². The molecular formula is C14H12ClN3O2S. The van der Waals surface area contributed by atoms with Gasteiger partial charge >= 0.3 is 0 Å². The molecule has 0 spiro atoms. The van der Waals surface area contributed by atoms with Crippen molar-refractivity contribution in [1.29, 1.82) is 0 Å². The summed E-state index contributed by atoms with van der Waals surface area (Å²) in [5, 5.41) is 13.0. The van der Waals surface area contributed by atoms with Crippen LogP contribution >= 0.6 is 23.5 Å². The predicted molar refractivity (Wildman–Crippen MR) is 85.8 cm³/mol. The van der Waals surface area contributed by atoms with Gasteiger partial charge in [0.15, 0.2) is 0 Å². The Morgan fingerprint density at radius 1 is 1.29 bits per heavy atom. The van der Waals surface area contributed by atoms with E-state index < -0.39 is 0 Å². The number of aliphatic imine (C=N–C) groups is 1. The molecule has 0 bridgehead atoms. The average Bonchev–Trinajstić information content (AvgIpc) is 2.49. The summed E-state index contributed by atoms with van der Waals surface area (Å²) in [5.41, 5.74) is 1.54. The lowest BCUT2D eigenvalue weighted by molar-refractivity contribution is 0.415. The first-order valence-electron chi connectivity index (χ1n) is 6.11. The van der Waals surface area contributed by atoms with Crippen molar-refractivity contribution in [3.63, 3.8) is 0 Å². The number of benzene rings is 2. The monoisotopic (exact) mass is 321 g/mol. The minimum atomic E-state index is 0.218. The Labute approximate surface area is 131 Å². The van der Waals surface area contributed by atoms with E-state index in [1.165, 1.54) is 11.9 Å². The van der Waals surface area contributed by atoms with Gasteiger partial charge in [-0.05, 0) is 42.3 Å². The fraction of sp³-hybridized carbons (Fsp3) is 0.0714. The molecule has 0 aliphatic carbocycles. The van der Waals surface area contributed by atoms with Crippen molar-refractivity contribution < 1.29 is 9.84 Å². The lowest BCUT2D eigenvalue weighted by Crippen LogP contribution is -2.26. The number of nitrogens with zero attached hydrogens (tertiary/aromatic N) is 1. The number of aromatic hydroxyl groups is 1. The number of rotatable bonds is 2. The molecule has 0 atom stereocenters. The number of hydrogen-bond acceptors (Lipinski definition) is 6. The Kier molecular flexibility index (Phi) is 3.81. The Morgan fingerprint density at radius 2 is 2.05 bits per heavy atom. The topological polar surface area (TPSA) is 65.9 Å². The summed E-state index contributed by atoms with van der Waals surface area (Å²) in [6.45, 7) is 0. The van der Waals surface area contributed by atoms with Gasteiger partial charge in [0.1, 0.15) is 17.2 Å². The first-order valence-corrected chi connectivity index (χ1v) is 7.30. The van der Waals surface area contributed by atoms with Gasteiger partial charge in [0.25, 0.3) is 0 Å². The van der Waals surface area contributed by atoms with Gasteiger partial charge in [0, 0.05) is 16.8 Å². The van der Waals surface area contributed by atoms with Crippen LogP contribution in [0.4, 0.5) is 11.4 Å². The number of halogens is 1. The van der Waals surface area contributed by atoms with Crippen molar-refractivity contribution in [2.45, 2.75) is 4.90 Å². The molecule has 2 aromatic carbocycles. The van der Waals surface area contributed by atoms with Crippen molar-refractivity contribution in [2.24, 2.45) is 4.99 Å². The van der Waals surface area contributed by atoms with E-state index in [1.807, 2.05) is 6.07 Å². The highest BCUT2D eigenvalue weighted by molar-refractivity contribution is 7.98. The Bertz CT molecular complexity index is 704. The van der Waals surface area contributed by atoms with Crippen molar-refractivity contribution in [3.8, 4) is 11.5 Å². The van der Waals surface area contributed by atoms with Gasteiger partial charge in [-0.3, -0.25) is 4.72 Å². The summed E-state index contributed by atoms with van der Waals surface area (Å²) in [6.07, 6.45) is 0. The molecular weight excluding hydrogens is 310 g/mol. The number of phenols is 1. The van der Waals surface area contributed by atoms with Crippen LogP contribution in [0, 0.1) is 0 Å². The van der Waals surface area contributed by atoms with Crippen molar-refractivity contribution in [3.05, 3.63) is 41.4 Å². The molecule has 0 amide bonds. The molecule has 3 rings (SSSR count). The second-order valence-electron chi connectivity index (χ2n) is 4.29. The van der Waals surface area contributed by atoms with Gasteiger partial charge < -0.3 is 15.2 Å². The highest BCUT2D eigenvalue weighted by atomic mass is 35.5. The number of guanidine groups is 1. The fourth-order valence-electron chi connectivity index (χ4n) is 1.87. The Morgan fingerprint density at radius 3 is 2.76 bits per heavy atom. The molecule has 108 valence electrons. The summed E-state index contributed by atoms with van der Waals surface area (Å²) in [7, 11) is 1.58. The smallest absolute Gasteiger partial charge is 0.211 e. The van der Waals surface area contributed by atoms with Crippen LogP contribution in [-0.4, -0.2) is 18.2 Å². The number of fused-ring (bicyclic) bond motifs is 1. The quantitative estimate of drug-likeness (QED) is 0.580. The molecule has 0 saturated carbocycles. The zero-order valence-electron chi connectivity index (χ0n) is 11.1. The molecule has 0 aromatic heterocycles. The summed E-state index contributed by atoms with van der Waals surface area (Å²) in [5.74, 6) is 1.42. The molecule has 1 heterocycles. The number of hydrogen-bond donors (Lipinski definition) is 3. The van der Waals surface area contributed by atoms with Gasteiger partial charge in [-0.1, -0.05) is 11.6 Å². The molecule has 0 unspecified atom stereocenters. The highest BCUT2D eigenvalue weighted by Gasteiger charge is 2.17. The lowest BCUT2D eigenvalue weighted by atomic mass is 10.3. The molecule has 0 fully saturated rings. The summed E-state index contributed by atoms with van der Waals surface area (Å²) < 4.78 is 8.41. The third-order valence-corrected chi connectivity index (χ3v) is 3.88. The van der Waals surface area contributed by atoms with Crippen molar-refractivity contribution in [2.75, 3.05) is 12.4 Å². The van der Waals surface area contributed by atoms with Crippen LogP contribution < -0.4 is 14.8 Å². The van der Waals surface area contributed by atoms with Gasteiger partial charge in [-0.2, -0.15) is 0 Å². The normalized spacial score (nSPS) is 13.0. The standard InChI is InChI=1S/C14H12ClN3O2S/c1-20-11-6-8(15)7-12-13(11)17-14(18-21-12)16-9-2-4-10(19)5-3-9/h2-7,19H,1H3,(H2,16,17,18). The summed E-state index contributed by atoms with van der Waals surface area (Å²) in [4.78, 5) is 5.40. The summed E-state index contributed by atoms with van der Waals surface area (Å²) in [6, 6.07) is 10.3. The molecule has 0 saturated heterocycles. The number of nitrogens with one attached hydrogen (secondary N) is 2. The van der Waals surface area contributed by atoms with Crippen molar-refractivity contribution >= 4 is 40.9 Å². The minimum absolute atomic E-state index is 0.218. The third kappa shape index (κ3) is 3.01. The van der Waals surface area contributed by atoms with Crippen LogP contribution in [0.25, 0.3) is 0 Å². The first-order chi connectivity index (χ1) is 10.2. The molecule has 7 heteroatoms. The van der Waals surface area contributed by atoms with E-state index in [4.69, 9.17) is 16.3 Å². The van der Waals surface area contributed by atoms with E-state index in [-0.39, 0.29) is 5.75 Å². The van der Waals surface area contributed by atoms with E-state index in [0.29, 0.717) is 16.7 Å². The molecule has 1 aliphatic rings. The van der Waals surface area contributed by atoms with E-state index in [9.17, 15) is 5.11 Å². The van der Waals surface area contributed by atoms with Gasteiger partial charge in [-0.25, -0.2) is 4.99 Å². The maximum Gasteiger partial charge on any atom is 0.211 e. The number of phenolic OH excluding ortho intramolecular Hbond substituents is 1. The zero-order valence-corrected chi connectivity index (χ0v) is 12.6. The maximum absolute atomic E-state index is 9.28. The number of anilines is 1. The largest absolute Gasteiger partial charge is 0.508 e. The molecule has 2 aromatic rings. The van der Waals surface area contributed by atoms with Crippen LogP contribution in [-0.2, 0) is 0 Å². The highest BCUT2D eigenvalue weighted by Crippen LogP contribution is 2.41. The second-order valence-corrected chi connectivity index (χ2v) is 5.58. The maximum atomic E-state index is 9.28. The molecule has 5 nitrogen and oxygen atoms in total. The van der Waals surface area contributed by atoms with E-state index in [2.05, 4.69) is 15.0 Å². The fourth-order valence-corrected chi connectivity index (χ4v) is 2.87. The van der Waals surface area contributed by atoms with Crippen LogP contribution in [0.3, 0.4) is 0 Å². The Hall–Kier alpha value is -2.05. The first kappa shape index (κ1) is 13.9. The average molecular weight is 322 g/mol. The predicted octanol–water partition coefficient (Wildman–Crippen LogP) is 3.76. The van der Waals surface area contributed by atoms with E-state index >= 15 is 0 Å². The molecule has 3 N–H and O–H groups in total. The van der Waals surface area contributed by atoms with Gasteiger partial charge in [-0.15, -0.1) is 0 Å². The van der Waals surface area contributed by atoms with Crippen LogP contribution in [0.1, 0.15) is 0 Å². The lowest BCUT2D eigenvalue weighted by Gasteiger charge is -2.19. The third-order valence-electron chi connectivity index (χ3n) is 2.84. The second kappa shape index (κ2) is 5.75. The van der Waals surface area contributed by atoms with E-state index in [1.54, 1.807) is 37.4 Å². The molecule has 0 radical (unpaired) electrons.